The van der Waals surface area contributed by atoms with E-state index in [0.717, 1.165) is 30.6 Å². The van der Waals surface area contributed by atoms with E-state index in [-0.39, 0.29) is 12.1 Å². The molecule has 3 rings (SSSR count). The van der Waals surface area contributed by atoms with E-state index in [9.17, 15) is 8.42 Å². The fourth-order valence-corrected chi connectivity index (χ4v) is 4.97. The molecular weight excluding hydrogens is 300 g/mol. The number of sulfonamides is 1. The van der Waals surface area contributed by atoms with Crippen LogP contribution in [0, 0.1) is 13.8 Å². The average Bonchev–Trinajstić information content (AvgIpc) is 2.81. The van der Waals surface area contributed by atoms with Crippen molar-refractivity contribution < 1.29 is 13.2 Å². The number of nitrogens with zero attached hydrogens (tertiary/aromatic N) is 1. The lowest BCUT2D eigenvalue weighted by atomic mass is 10.1. The van der Waals surface area contributed by atoms with Crippen LogP contribution in [0.25, 0.3) is 0 Å². The van der Waals surface area contributed by atoms with Gasteiger partial charge in [0.2, 0.25) is 10.0 Å². The van der Waals surface area contributed by atoms with E-state index in [4.69, 9.17) is 4.74 Å². The van der Waals surface area contributed by atoms with Crippen LogP contribution in [0.15, 0.2) is 23.1 Å². The van der Waals surface area contributed by atoms with Gasteiger partial charge in [0.1, 0.15) is 0 Å². The molecule has 2 heterocycles. The van der Waals surface area contributed by atoms with Crippen LogP contribution in [0.4, 0.5) is 0 Å². The van der Waals surface area contributed by atoms with Crippen LogP contribution >= 0.6 is 0 Å². The summed E-state index contributed by atoms with van der Waals surface area (Å²) < 4.78 is 33.9. The van der Waals surface area contributed by atoms with E-state index in [2.05, 4.69) is 16.5 Å². The molecule has 0 unspecified atom stereocenters. The third-order valence-corrected chi connectivity index (χ3v) is 6.21. The molecule has 0 saturated carbocycles. The molecule has 0 bridgehead atoms. The molecule has 1 aromatic rings. The highest BCUT2D eigenvalue weighted by Crippen LogP contribution is 2.25. The lowest BCUT2D eigenvalue weighted by molar-refractivity contribution is -0.0390. The third-order valence-electron chi connectivity index (χ3n) is 4.55. The highest BCUT2D eigenvalue weighted by molar-refractivity contribution is 7.89. The second-order valence-electron chi connectivity index (χ2n) is 6.57. The fraction of sp³-hybridized carbons (Fsp3) is 0.625. The predicted molar refractivity (Wildman–Crippen MR) is 85.4 cm³/mol. The Kier molecular flexibility index (Phi) is 4.29. The third kappa shape index (κ3) is 3.20. The van der Waals surface area contributed by atoms with Gasteiger partial charge >= 0.3 is 0 Å². The zero-order valence-corrected chi connectivity index (χ0v) is 14.2. The van der Waals surface area contributed by atoms with Crippen molar-refractivity contribution in [2.24, 2.45) is 0 Å². The minimum Gasteiger partial charge on any atom is -0.376 e. The van der Waals surface area contributed by atoms with Gasteiger partial charge in [0.25, 0.3) is 0 Å². The molecule has 2 aliphatic heterocycles. The monoisotopic (exact) mass is 324 g/mol. The zero-order chi connectivity index (χ0) is 15.9. The summed E-state index contributed by atoms with van der Waals surface area (Å²) in [4.78, 5) is 2.73. The maximum absolute atomic E-state index is 12.7. The maximum atomic E-state index is 12.7. The van der Waals surface area contributed by atoms with Crippen LogP contribution < -0.4 is 4.72 Å². The molecule has 0 aliphatic carbocycles. The Labute approximate surface area is 132 Å². The molecule has 5 nitrogen and oxygen atoms in total. The quantitative estimate of drug-likeness (QED) is 0.914. The molecule has 122 valence electrons. The first-order valence-electron chi connectivity index (χ1n) is 7.80. The van der Waals surface area contributed by atoms with Crippen LogP contribution in [0.2, 0.25) is 0 Å². The topological polar surface area (TPSA) is 58.6 Å². The Morgan fingerprint density at radius 2 is 2.05 bits per heavy atom. The second-order valence-corrected chi connectivity index (χ2v) is 8.26. The summed E-state index contributed by atoms with van der Waals surface area (Å²) in [5, 5.41) is 0. The first-order chi connectivity index (χ1) is 10.3. The van der Waals surface area contributed by atoms with Crippen LogP contribution in [-0.4, -0.2) is 51.2 Å². The molecule has 0 spiro atoms. The SMILES string of the molecule is Cc1ccc(C)c(S(=O)(=O)N[C@@H]2C[C@H]3CO[C@H](C)CN3C2)c1. The molecule has 6 heteroatoms. The highest BCUT2D eigenvalue weighted by atomic mass is 32.2. The van der Waals surface area contributed by atoms with Gasteiger partial charge in [-0.2, -0.15) is 0 Å². The molecule has 22 heavy (non-hydrogen) atoms. The molecule has 2 aliphatic rings. The molecule has 2 saturated heterocycles. The predicted octanol–water partition coefficient (Wildman–Crippen LogP) is 1.44. The molecule has 0 aromatic heterocycles. The highest BCUT2D eigenvalue weighted by Gasteiger charge is 2.38. The smallest absolute Gasteiger partial charge is 0.241 e. The number of hydrogen-bond donors (Lipinski definition) is 1. The Balaban J connectivity index is 1.74. The average molecular weight is 324 g/mol. The Hall–Kier alpha value is -0.950. The number of benzene rings is 1. The lowest BCUT2D eigenvalue weighted by Crippen LogP contribution is -2.45. The molecular formula is C16H24N2O3S. The summed E-state index contributed by atoms with van der Waals surface area (Å²) in [6, 6.07) is 5.83. The first kappa shape index (κ1) is 15.9. The van der Waals surface area contributed by atoms with E-state index in [0.29, 0.717) is 17.5 Å². The van der Waals surface area contributed by atoms with E-state index in [1.165, 1.54) is 0 Å². The van der Waals surface area contributed by atoms with Gasteiger partial charge in [-0.25, -0.2) is 13.1 Å². The zero-order valence-electron chi connectivity index (χ0n) is 13.4. The molecule has 0 amide bonds. The Morgan fingerprint density at radius 3 is 2.82 bits per heavy atom. The Morgan fingerprint density at radius 1 is 1.27 bits per heavy atom. The largest absolute Gasteiger partial charge is 0.376 e. The Bertz CT molecular complexity index is 659. The van der Waals surface area contributed by atoms with Crippen molar-refractivity contribution in [1.82, 2.24) is 9.62 Å². The van der Waals surface area contributed by atoms with Gasteiger partial charge in [0, 0.05) is 25.2 Å². The fourth-order valence-electron chi connectivity index (χ4n) is 3.40. The van der Waals surface area contributed by atoms with Crippen molar-refractivity contribution in [2.75, 3.05) is 19.7 Å². The number of nitrogens with one attached hydrogen (secondary N) is 1. The number of hydrogen-bond acceptors (Lipinski definition) is 4. The standard InChI is InChI=1S/C16H24N2O3S/c1-11-4-5-12(2)16(6-11)22(19,20)17-14-7-15-10-21-13(3)8-18(15)9-14/h4-6,13-15,17H,7-10H2,1-3H3/t13-,14-,15+/m1/s1. The van der Waals surface area contributed by atoms with Crippen LogP contribution in [0.1, 0.15) is 24.5 Å². The summed E-state index contributed by atoms with van der Waals surface area (Å²) in [5.74, 6) is 0. The van der Waals surface area contributed by atoms with Crippen molar-refractivity contribution in [3.63, 3.8) is 0 Å². The van der Waals surface area contributed by atoms with Crippen molar-refractivity contribution in [1.29, 1.82) is 0 Å². The number of ether oxygens (including phenoxy) is 1. The van der Waals surface area contributed by atoms with Crippen molar-refractivity contribution >= 4 is 10.0 Å². The van der Waals surface area contributed by atoms with Gasteiger partial charge in [0.05, 0.1) is 17.6 Å². The van der Waals surface area contributed by atoms with E-state index in [1.54, 1.807) is 6.07 Å². The summed E-state index contributed by atoms with van der Waals surface area (Å²) >= 11 is 0. The molecule has 0 radical (unpaired) electrons. The first-order valence-corrected chi connectivity index (χ1v) is 9.29. The van der Waals surface area contributed by atoms with Crippen molar-refractivity contribution in [2.45, 2.75) is 50.3 Å². The number of aryl methyl sites for hydroxylation is 2. The minimum absolute atomic E-state index is 0.0381. The summed E-state index contributed by atoms with van der Waals surface area (Å²) in [5.41, 5.74) is 1.74. The summed E-state index contributed by atoms with van der Waals surface area (Å²) in [6.45, 7) is 8.15. The van der Waals surface area contributed by atoms with Crippen LogP contribution in [0.3, 0.4) is 0 Å². The number of rotatable bonds is 3. The van der Waals surface area contributed by atoms with E-state index >= 15 is 0 Å². The van der Waals surface area contributed by atoms with E-state index < -0.39 is 10.0 Å². The van der Waals surface area contributed by atoms with Crippen LogP contribution in [0.5, 0.6) is 0 Å². The molecule has 3 atom stereocenters. The number of morpholine rings is 1. The van der Waals surface area contributed by atoms with Gasteiger partial charge in [-0.15, -0.1) is 0 Å². The molecule has 1 N–H and O–H groups in total. The molecule has 2 fully saturated rings. The lowest BCUT2D eigenvalue weighted by Gasteiger charge is -2.33. The summed E-state index contributed by atoms with van der Waals surface area (Å²) in [7, 11) is -3.47. The minimum atomic E-state index is -3.47. The van der Waals surface area contributed by atoms with Gasteiger partial charge in [-0.05, 0) is 44.4 Å². The normalized spacial score (nSPS) is 29.5. The maximum Gasteiger partial charge on any atom is 0.241 e. The van der Waals surface area contributed by atoms with Gasteiger partial charge < -0.3 is 4.74 Å². The van der Waals surface area contributed by atoms with Gasteiger partial charge in [0.15, 0.2) is 0 Å². The van der Waals surface area contributed by atoms with Crippen molar-refractivity contribution in [3.05, 3.63) is 29.3 Å². The van der Waals surface area contributed by atoms with Gasteiger partial charge in [-0.1, -0.05) is 12.1 Å². The van der Waals surface area contributed by atoms with Crippen LogP contribution in [-0.2, 0) is 14.8 Å². The second kappa shape index (κ2) is 5.92. The van der Waals surface area contributed by atoms with Gasteiger partial charge in [-0.3, -0.25) is 4.90 Å². The van der Waals surface area contributed by atoms with E-state index in [1.807, 2.05) is 26.0 Å². The number of fused-ring (bicyclic) bond motifs is 1. The van der Waals surface area contributed by atoms with Crippen molar-refractivity contribution in [3.8, 4) is 0 Å². The molecule has 1 aromatic carbocycles. The summed E-state index contributed by atoms with van der Waals surface area (Å²) in [6.07, 6.45) is 1.04.